The zero-order valence-corrected chi connectivity index (χ0v) is 11.9. The molecule has 1 heterocycles. The predicted octanol–water partition coefficient (Wildman–Crippen LogP) is 2.68. The SMILES string of the molecule is NCC1(CN2CCC(Cc3ccccc3)CC2)CC1. The Balaban J connectivity index is 1.45. The molecule has 0 bridgehead atoms. The third-order valence-corrected chi connectivity index (χ3v) is 5.02. The van der Waals surface area contributed by atoms with Gasteiger partial charge in [0, 0.05) is 6.54 Å². The molecule has 0 atom stereocenters. The highest BCUT2D eigenvalue weighted by Crippen LogP contribution is 2.45. The molecule has 2 aliphatic rings. The number of nitrogens with two attached hydrogens (primary N) is 1. The summed E-state index contributed by atoms with van der Waals surface area (Å²) in [5, 5.41) is 0. The quantitative estimate of drug-likeness (QED) is 0.880. The molecule has 0 amide bonds. The molecule has 0 spiro atoms. The Labute approximate surface area is 117 Å². The minimum absolute atomic E-state index is 0.506. The summed E-state index contributed by atoms with van der Waals surface area (Å²) in [6.45, 7) is 4.69. The van der Waals surface area contributed by atoms with E-state index >= 15 is 0 Å². The summed E-state index contributed by atoms with van der Waals surface area (Å²) in [5.41, 5.74) is 7.90. The zero-order valence-electron chi connectivity index (χ0n) is 11.9. The topological polar surface area (TPSA) is 29.3 Å². The van der Waals surface area contributed by atoms with E-state index in [1.807, 2.05) is 0 Å². The minimum atomic E-state index is 0.506. The molecular weight excluding hydrogens is 232 g/mol. The second kappa shape index (κ2) is 5.64. The monoisotopic (exact) mass is 258 g/mol. The van der Waals surface area contributed by atoms with Crippen molar-refractivity contribution in [1.82, 2.24) is 4.90 Å². The van der Waals surface area contributed by atoms with Crippen LogP contribution in [0.2, 0.25) is 0 Å². The number of nitrogens with zero attached hydrogens (tertiary/aromatic N) is 1. The fourth-order valence-corrected chi connectivity index (χ4v) is 3.37. The van der Waals surface area contributed by atoms with Crippen molar-refractivity contribution in [2.24, 2.45) is 17.1 Å². The normalized spacial score (nSPS) is 23.4. The van der Waals surface area contributed by atoms with Gasteiger partial charge in [-0.25, -0.2) is 0 Å². The van der Waals surface area contributed by atoms with E-state index in [2.05, 4.69) is 35.2 Å². The van der Waals surface area contributed by atoms with Gasteiger partial charge in [-0.05, 0) is 68.6 Å². The van der Waals surface area contributed by atoms with Crippen LogP contribution >= 0.6 is 0 Å². The van der Waals surface area contributed by atoms with Crippen molar-refractivity contribution in [3.05, 3.63) is 35.9 Å². The van der Waals surface area contributed by atoms with Crippen molar-refractivity contribution in [3.63, 3.8) is 0 Å². The Morgan fingerprint density at radius 1 is 1.11 bits per heavy atom. The number of hydrogen-bond acceptors (Lipinski definition) is 2. The van der Waals surface area contributed by atoms with Crippen molar-refractivity contribution in [1.29, 1.82) is 0 Å². The Bertz CT molecular complexity index is 389. The summed E-state index contributed by atoms with van der Waals surface area (Å²) in [4.78, 5) is 2.65. The lowest BCUT2D eigenvalue weighted by Crippen LogP contribution is -2.40. The van der Waals surface area contributed by atoms with Crippen LogP contribution in [0.3, 0.4) is 0 Å². The van der Waals surface area contributed by atoms with E-state index in [0.29, 0.717) is 5.41 Å². The Morgan fingerprint density at radius 3 is 2.37 bits per heavy atom. The number of likely N-dealkylation sites (tertiary alicyclic amines) is 1. The average Bonchev–Trinajstić information content (AvgIpc) is 3.23. The van der Waals surface area contributed by atoms with E-state index in [1.165, 1.54) is 57.3 Å². The molecule has 1 aromatic rings. The molecule has 1 aliphatic carbocycles. The molecular formula is C17H26N2. The van der Waals surface area contributed by atoms with Crippen molar-refractivity contribution in [2.45, 2.75) is 32.1 Å². The van der Waals surface area contributed by atoms with Gasteiger partial charge in [0.2, 0.25) is 0 Å². The van der Waals surface area contributed by atoms with Crippen LogP contribution in [-0.2, 0) is 6.42 Å². The molecule has 0 radical (unpaired) electrons. The minimum Gasteiger partial charge on any atom is -0.330 e. The van der Waals surface area contributed by atoms with Crippen LogP contribution in [0.25, 0.3) is 0 Å². The van der Waals surface area contributed by atoms with Gasteiger partial charge in [0.1, 0.15) is 0 Å². The molecule has 2 fully saturated rings. The van der Waals surface area contributed by atoms with Crippen molar-refractivity contribution in [3.8, 4) is 0 Å². The van der Waals surface area contributed by atoms with Gasteiger partial charge in [-0.1, -0.05) is 30.3 Å². The molecule has 1 saturated heterocycles. The van der Waals surface area contributed by atoms with E-state index in [9.17, 15) is 0 Å². The maximum absolute atomic E-state index is 5.89. The predicted molar refractivity (Wildman–Crippen MR) is 80.0 cm³/mol. The smallest absolute Gasteiger partial charge is 0.00501 e. The van der Waals surface area contributed by atoms with E-state index in [1.54, 1.807) is 0 Å². The van der Waals surface area contributed by atoms with Gasteiger partial charge >= 0.3 is 0 Å². The van der Waals surface area contributed by atoms with E-state index < -0.39 is 0 Å². The average molecular weight is 258 g/mol. The van der Waals surface area contributed by atoms with Gasteiger partial charge in [-0.2, -0.15) is 0 Å². The van der Waals surface area contributed by atoms with Crippen LogP contribution in [0.4, 0.5) is 0 Å². The highest BCUT2D eigenvalue weighted by molar-refractivity contribution is 5.15. The summed E-state index contributed by atoms with van der Waals surface area (Å²) in [5.74, 6) is 0.881. The van der Waals surface area contributed by atoms with Crippen molar-refractivity contribution in [2.75, 3.05) is 26.2 Å². The summed E-state index contributed by atoms with van der Waals surface area (Å²) in [7, 11) is 0. The maximum atomic E-state index is 5.89. The third kappa shape index (κ3) is 3.37. The number of piperidine rings is 1. The molecule has 0 unspecified atom stereocenters. The molecule has 0 aromatic heterocycles. The van der Waals surface area contributed by atoms with E-state index in [-0.39, 0.29) is 0 Å². The molecule has 2 heteroatoms. The molecule has 1 aromatic carbocycles. The molecule has 104 valence electrons. The lowest BCUT2D eigenvalue weighted by atomic mass is 9.89. The summed E-state index contributed by atoms with van der Waals surface area (Å²) in [6, 6.07) is 10.9. The standard InChI is InChI=1S/C17H26N2/c18-13-17(8-9-17)14-19-10-6-16(7-11-19)12-15-4-2-1-3-5-15/h1-5,16H,6-14,18H2. The lowest BCUT2D eigenvalue weighted by molar-refractivity contribution is 0.155. The lowest BCUT2D eigenvalue weighted by Gasteiger charge is -2.34. The second-order valence-corrected chi connectivity index (χ2v) is 6.61. The van der Waals surface area contributed by atoms with Gasteiger partial charge in [-0.15, -0.1) is 0 Å². The molecule has 1 aliphatic heterocycles. The van der Waals surface area contributed by atoms with Crippen LogP contribution in [0.15, 0.2) is 30.3 Å². The first kappa shape index (κ1) is 13.1. The van der Waals surface area contributed by atoms with Crippen LogP contribution < -0.4 is 5.73 Å². The van der Waals surface area contributed by atoms with Gasteiger partial charge < -0.3 is 10.6 Å². The van der Waals surface area contributed by atoms with Gasteiger partial charge in [0.05, 0.1) is 0 Å². The third-order valence-electron chi connectivity index (χ3n) is 5.02. The van der Waals surface area contributed by atoms with Gasteiger partial charge in [0.15, 0.2) is 0 Å². The number of hydrogen-bond donors (Lipinski definition) is 1. The molecule has 2 N–H and O–H groups in total. The number of rotatable bonds is 5. The molecule has 2 nitrogen and oxygen atoms in total. The fraction of sp³-hybridized carbons (Fsp3) is 0.647. The first-order valence-corrected chi connectivity index (χ1v) is 7.76. The van der Waals surface area contributed by atoms with E-state index in [0.717, 1.165) is 12.5 Å². The first-order valence-electron chi connectivity index (χ1n) is 7.76. The summed E-state index contributed by atoms with van der Waals surface area (Å²) < 4.78 is 0. The fourth-order valence-electron chi connectivity index (χ4n) is 3.37. The molecule has 1 saturated carbocycles. The molecule has 3 rings (SSSR count). The Hall–Kier alpha value is -0.860. The van der Waals surface area contributed by atoms with Gasteiger partial charge in [-0.3, -0.25) is 0 Å². The largest absolute Gasteiger partial charge is 0.330 e. The van der Waals surface area contributed by atoms with Crippen LogP contribution in [0, 0.1) is 11.3 Å². The van der Waals surface area contributed by atoms with Crippen LogP contribution in [0.5, 0.6) is 0 Å². The molecule has 19 heavy (non-hydrogen) atoms. The summed E-state index contributed by atoms with van der Waals surface area (Å²) >= 11 is 0. The van der Waals surface area contributed by atoms with Crippen LogP contribution in [-0.4, -0.2) is 31.1 Å². The zero-order chi connectivity index (χ0) is 13.1. The van der Waals surface area contributed by atoms with Crippen LogP contribution in [0.1, 0.15) is 31.2 Å². The van der Waals surface area contributed by atoms with Gasteiger partial charge in [0.25, 0.3) is 0 Å². The Morgan fingerprint density at radius 2 is 1.79 bits per heavy atom. The summed E-state index contributed by atoms with van der Waals surface area (Å²) in [6.07, 6.45) is 6.68. The number of benzene rings is 1. The maximum Gasteiger partial charge on any atom is 0.00501 e. The highest BCUT2D eigenvalue weighted by atomic mass is 15.1. The first-order chi connectivity index (χ1) is 9.30. The highest BCUT2D eigenvalue weighted by Gasteiger charge is 2.42. The van der Waals surface area contributed by atoms with E-state index in [4.69, 9.17) is 5.73 Å². The Kier molecular flexibility index (Phi) is 3.90. The van der Waals surface area contributed by atoms with Crippen molar-refractivity contribution >= 4 is 0 Å². The van der Waals surface area contributed by atoms with Crippen molar-refractivity contribution < 1.29 is 0 Å². The second-order valence-electron chi connectivity index (χ2n) is 6.61.